The maximum Gasteiger partial charge on any atom is 0.220 e. The van der Waals surface area contributed by atoms with E-state index in [-0.39, 0.29) is 5.91 Å². The molecule has 1 N–H and O–H groups in total. The highest BCUT2D eigenvalue weighted by molar-refractivity contribution is 5.82. The molecule has 4 rings (SSSR count). The molecule has 1 saturated heterocycles. The van der Waals surface area contributed by atoms with Gasteiger partial charge in [-0.3, -0.25) is 9.78 Å². The van der Waals surface area contributed by atoms with Gasteiger partial charge in [-0.2, -0.15) is 4.80 Å². The van der Waals surface area contributed by atoms with E-state index in [2.05, 4.69) is 25.7 Å². The van der Waals surface area contributed by atoms with E-state index in [4.69, 9.17) is 0 Å². The molecule has 3 heterocycles. The molecule has 7 heteroatoms. The van der Waals surface area contributed by atoms with Crippen LogP contribution in [0.25, 0.3) is 22.3 Å². The summed E-state index contributed by atoms with van der Waals surface area (Å²) < 4.78 is 0. The predicted octanol–water partition coefficient (Wildman–Crippen LogP) is 1.80. The van der Waals surface area contributed by atoms with E-state index >= 15 is 0 Å². The second kappa shape index (κ2) is 6.35. The molecular formula is C17H18N6O. The van der Waals surface area contributed by atoms with Gasteiger partial charge >= 0.3 is 0 Å². The number of hydrogen-bond donors (Lipinski definition) is 1. The number of nitrogens with one attached hydrogen (secondary N) is 1. The average Bonchev–Trinajstić information content (AvgIpc) is 2.98. The van der Waals surface area contributed by atoms with Crippen molar-refractivity contribution < 1.29 is 4.79 Å². The van der Waals surface area contributed by atoms with Gasteiger partial charge in [0.15, 0.2) is 0 Å². The molecule has 0 bridgehead atoms. The first kappa shape index (κ1) is 14.7. The molecule has 122 valence electrons. The van der Waals surface area contributed by atoms with E-state index in [1.807, 2.05) is 30.3 Å². The minimum Gasteiger partial charge on any atom is -0.356 e. The smallest absolute Gasteiger partial charge is 0.220 e. The topological polar surface area (TPSA) is 85.6 Å². The first-order chi connectivity index (χ1) is 11.8. The van der Waals surface area contributed by atoms with Crippen LogP contribution >= 0.6 is 0 Å². The number of tetrazole rings is 1. The number of benzene rings is 1. The number of carbonyl (C=O) groups excluding carboxylic acids is 1. The van der Waals surface area contributed by atoms with Gasteiger partial charge in [-0.1, -0.05) is 6.07 Å². The Morgan fingerprint density at radius 1 is 1.25 bits per heavy atom. The number of amides is 1. The number of fused-ring (bicyclic) bond motifs is 1. The van der Waals surface area contributed by atoms with Crippen molar-refractivity contribution in [3.8, 4) is 11.4 Å². The van der Waals surface area contributed by atoms with Crippen molar-refractivity contribution in [2.24, 2.45) is 5.92 Å². The van der Waals surface area contributed by atoms with Crippen LogP contribution in [0.5, 0.6) is 0 Å². The fourth-order valence-corrected chi connectivity index (χ4v) is 3.05. The number of hydrogen-bond acceptors (Lipinski definition) is 5. The summed E-state index contributed by atoms with van der Waals surface area (Å²) in [6.07, 6.45) is 4.17. The summed E-state index contributed by atoms with van der Waals surface area (Å²) in [5, 5.41) is 16.8. The normalized spacial score (nSPS) is 18.3. The molecule has 1 aromatic carbocycles. The number of rotatable bonds is 3. The van der Waals surface area contributed by atoms with Crippen LogP contribution in [0.1, 0.15) is 19.3 Å². The molecule has 3 aromatic rings. The van der Waals surface area contributed by atoms with Crippen molar-refractivity contribution >= 4 is 16.8 Å². The van der Waals surface area contributed by atoms with Crippen LogP contribution < -0.4 is 5.32 Å². The molecule has 1 aliphatic heterocycles. The third-order valence-electron chi connectivity index (χ3n) is 4.39. The van der Waals surface area contributed by atoms with Crippen LogP contribution in [0.4, 0.5) is 0 Å². The molecular weight excluding hydrogens is 304 g/mol. The lowest BCUT2D eigenvalue weighted by molar-refractivity contribution is -0.120. The zero-order valence-electron chi connectivity index (χ0n) is 13.2. The Bertz CT molecular complexity index is 874. The minimum absolute atomic E-state index is 0.134. The van der Waals surface area contributed by atoms with Gasteiger partial charge in [-0.05, 0) is 48.2 Å². The summed E-state index contributed by atoms with van der Waals surface area (Å²) in [4.78, 5) is 17.4. The molecule has 0 aliphatic carbocycles. The molecule has 1 aliphatic rings. The van der Waals surface area contributed by atoms with Gasteiger partial charge in [-0.15, -0.1) is 10.2 Å². The van der Waals surface area contributed by atoms with E-state index < -0.39 is 0 Å². The van der Waals surface area contributed by atoms with Gasteiger partial charge in [-0.25, -0.2) is 0 Å². The van der Waals surface area contributed by atoms with E-state index in [1.54, 1.807) is 11.0 Å². The average molecular weight is 322 g/mol. The van der Waals surface area contributed by atoms with E-state index in [0.717, 1.165) is 35.9 Å². The highest BCUT2D eigenvalue weighted by Gasteiger charge is 2.18. The van der Waals surface area contributed by atoms with E-state index in [0.29, 0.717) is 24.7 Å². The molecule has 0 saturated carbocycles. The highest BCUT2D eigenvalue weighted by Crippen LogP contribution is 2.21. The Morgan fingerprint density at radius 2 is 2.21 bits per heavy atom. The number of aromatic nitrogens is 5. The van der Waals surface area contributed by atoms with Gasteiger partial charge in [0.2, 0.25) is 11.7 Å². The van der Waals surface area contributed by atoms with Crippen molar-refractivity contribution in [1.82, 2.24) is 30.5 Å². The summed E-state index contributed by atoms with van der Waals surface area (Å²) in [5.74, 6) is 1.14. The van der Waals surface area contributed by atoms with Gasteiger partial charge in [0.25, 0.3) is 0 Å². The minimum atomic E-state index is 0.134. The first-order valence-corrected chi connectivity index (χ1v) is 8.17. The molecule has 1 atom stereocenters. The van der Waals surface area contributed by atoms with Crippen molar-refractivity contribution in [2.75, 3.05) is 6.54 Å². The summed E-state index contributed by atoms with van der Waals surface area (Å²) in [5.41, 5.74) is 1.88. The van der Waals surface area contributed by atoms with E-state index in [1.165, 1.54) is 0 Å². The van der Waals surface area contributed by atoms with Crippen LogP contribution in [0.3, 0.4) is 0 Å². The lowest BCUT2D eigenvalue weighted by Gasteiger charge is -2.10. The Hall–Kier alpha value is -2.83. The van der Waals surface area contributed by atoms with Crippen molar-refractivity contribution in [3.63, 3.8) is 0 Å². The molecule has 0 radical (unpaired) electrons. The summed E-state index contributed by atoms with van der Waals surface area (Å²) >= 11 is 0. The van der Waals surface area contributed by atoms with Crippen LogP contribution in [0.2, 0.25) is 0 Å². The maximum atomic E-state index is 11.4. The molecule has 1 fully saturated rings. The Morgan fingerprint density at radius 3 is 3.17 bits per heavy atom. The van der Waals surface area contributed by atoms with Crippen LogP contribution in [-0.2, 0) is 11.3 Å². The number of pyridine rings is 1. The Kier molecular flexibility index (Phi) is 3.90. The zero-order valence-corrected chi connectivity index (χ0v) is 13.2. The van der Waals surface area contributed by atoms with E-state index in [9.17, 15) is 4.79 Å². The fourth-order valence-electron chi connectivity index (χ4n) is 3.05. The van der Waals surface area contributed by atoms with Crippen LogP contribution in [0.15, 0.2) is 36.5 Å². The molecule has 0 spiro atoms. The van der Waals surface area contributed by atoms with Gasteiger partial charge in [0.05, 0.1) is 12.1 Å². The monoisotopic (exact) mass is 322 g/mol. The van der Waals surface area contributed by atoms with Crippen molar-refractivity contribution in [1.29, 1.82) is 0 Å². The highest BCUT2D eigenvalue weighted by atomic mass is 16.1. The predicted molar refractivity (Wildman–Crippen MR) is 88.9 cm³/mol. The SMILES string of the molecule is O=C1CCC(Cn2nnc(-c3ccc4ncccc4c3)n2)CCN1. The lowest BCUT2D eigenvalue weighted by atomic mass is 10.0. The van der Waals surface area contributed by atoms with Crippen molar-refractivity contribution in [3.05, 3.63) is 36.5 Å². The third-order valence-corrected chi connectivity index (χ3v) is 4.39. The summed E-state index contributed by atoms with van der Waals surface area (Å²) in [6, 6.07) is 9.89. The molecule has 1 amide bonds. The summed E-state index contributed by atoms with van der Waals surface area (Å²) in [7, 11) is 0. The molecule has 7 nitrogen and oxygen atoms in total. The van der Waals surface area contributed by atoms with Gasteiger partial charge in [0.1, 0.15) is 0 Å². The number of carbonyl (C=O) groups is 1. The summed E-state index contributed by atoms with van der Waals surface area (Å²) in [6.45, 7) is 1.42. The standard InChI is InChI=1S/C17H18N6O/c24-16-6-3-12(7-9-19-16)11-23-21-17(20-22-23)14-4-5-15-13(10-14)2-1-8-18-15/h1-2,4-5,8,10,12H,3,6-7,9,11H2,(H,19,24). The van der Waals surface area contributed by atoms with Crippen molar-refractivity contribution in [2.45, 2.75) is 25.8 Å². The van der Waals surface area contributed by atoms with Crippen LogP contribution in [0, 0.1) is 5.92 Å². The third kappa shape index (κ3) is 3.10. The molecule has 2 aromatic heterocycles. The Labute approximate surface area is 139 Å². The van der Waals surface area contributed by atoms with Crippen LogP contribution in [-0.4, -0.2) is 37.6 Å². The molecule has 1 unspecified atom stereocenters. The fraction of sp³-hybridized carbons (Fsp3) is 0.353. The van der Waals surface area contributed by atoms with Gasteiger partial charge < -0.3 is 5.32 Å². The Balaban J connectivity index is 1.52. The zero-order chi connectivity index (χ0) is 16.4. The first-order valence-electron chi connectivity index (χ1n) is 8.17. The number of nitrogens with zero attached hydrogens (tertiary/aromatic N) is 5. The maximum absolute atomic E-state index is 11.4. The van der Waals surface area contributed by atoms with Gasteiger partial charge in [0, 0.05) is 30.1 Å². The second-order valence-corrected chi connectivity index (χ2v) is 6.12. The largest absolute Gasteiger partial charge is 0.356 e. The lowest BCUT2D eigenvalue weighted by Crippen LogP contribution is -2.21. The second-order valence-electron chi connectivity index (χ2n) is 6.12. The molecule has 24 heavy (non-hydrogen) atoms. The quantitative estimate of drug-likeness (QED) is 0.795.